The Balaban J connectivity index is 1.31. The minimum Gasteiger partial charge on any atom is -0.338 e. The molecule has 1 aromatic rings. The third-order valence-electron chi connectivity index (χ3n) is 6.80. The average molecular weight is 347 g/mol. The van der Waals surface area contributed by atoms with Gasteiger partial charge in [0.2, 0.25) is 5.89 Å². The van der Waals surface area contributed by atoms with E-state index in [1.54, 1.807) is 0 Å². The van der Waals surface area contributed by atoms with Crippen LogP contribution in [0.25, 0.3) is 0 Å². The van der Waals surface area contributed by atoms with Gasteiger partial charge in [-0.2, -0.15) is 4.98 Å². The number of piperidine rings is 1. The van der Waals surface area contributed by atoms with E-state index in [4.69, 9.17) is 4.52 Å². The van der Waals surface area contributed by atoms with Crippen LogP contribution in [0.1, 0.15) is 70.6 Å². The van der Waals surface area contributed by atoms with Gasteiger partial charge in [-0.15, -0.1) is 0 Å². The Morgan fingerprint density at radius 3 is 2.76 bits per heavy atom. The molecule has 0 N–H and O–H groups in total. The fraction of sp³-hybridized carbons (Fsp3) is 0.900. The van der Waals surface area contributed by atoms with Crippen molar-refractivity contribution in [2.45, 2.75) is 71.1 Å². The zero-order chi connectivity index (χ0) is 17.1. The molecule has 2 aliphatic heterocycles. The number of nitrogens with zero attached hydrogens (tertiary/aromatic N) is 4. The standard InChI is InChI=1S/C20H34N4O/c1-2-18-21-19(22-25-18)24-14-11-20(16-24)10-6-12-23(15-20)13-9-17-7-4-3-5-8-17/h17H,2-16H2,1H3/t20-/m0/s1. The molecule has 2 saturated heterocycles. The van der Waals surface area contributed by atoms with E-state index in [0.717, 1.165) is 37.3 Å². The molecule has 25 heavy (non-hydrogen) atoms. The second-order valence-corrected chi connectivity index (χ2v) is 8.69. The number of hydrogen-bond acceptors (Lipinski definition) is 5. The van der Waals surface area contributed by atoms with Crippen molar-refractivity contribution in [3.8, 4) is 0 Å². The smallest absolute Gasteiger partial charge is 0.266 e. The second kappa shape index (κ2) is 7.65. The number of likely N-dealkylation sites (tertiary alicyclic amines) is 1. The van der Waals surface area contributed by atoms with Gasteiger partial charge in [0.15, 0.2) is 0 Å². The SMILES string of the molecule is CCc1nc(N2CC[C@]3(CCCN(CCC4CCCCC4)C3)C2)no1. The van der Waals surface area contributed by atoms with Gasteiger partial charge in [0.1, 0.15) is 0 Å². The highest BCUT2D eigenvalue weighted by Gasteiger charge is 2.42. The average Bonchev–Trinajstić information content (AvgIpc) is 3.28. The highest BCUT2D eigenvalue weighted by molar-refractivity contribution is 5.31. The first-order valence-electron chi connectivity index (χ1n) is 10.6. The molecular formula is C20H34N4O. The third-order valence-corrected chi connectivity index (χ3v) is 6.80. The van der Waals surface area contributed by atoms with Crippen molar-refractivity contribution in [3.05, 3.63) is 5.89 Å². The van der Waals surface area contributed by atoms with Crippen LogP contribution in [0, 0.1) is 11.3 Å². The highest BCUT2D eigenvalue weighted by atomic mass is 16.5. The van der Waals surface area contributed by atoms with Crippen LogP contribution in [0.4, 0.5) is 5.95 Å². The van der Waals surface area contributed by atoms with Gasteiger partial charge < -0.3 is 14.3 Å². The van der Waals surface area contributed by atoms with Crippen LogP contribution in [-0.2, 0) is 6.42 Å². The fourth-order valence-electron chi connectivity index (χ4n) is 5.30. The predicted molar refractivity (Wildman–Crippen MR) is 99.8 cm³/mol. The van der Waals surface area contributed by atoms with Crippen molar-refractivity contribution in [2.24, 2.45) is 11.3 Å². The molecule has 5 heteroatoms. The molecule has 1 aliphatic carbocycles. The monoisotopic (exact) mass is 346 g/mol. The molecule has 0 unspecified atom stereocenters. The second-order valence-electron chi connectivity index (χ2n) is 8.69. The molecular weight excluding hydrogens is 312 g/mol. The summed E-state index contributed by atoms with van der Waals surface area (Å²) in [5.74, 6) is 2.57. The summed E-state index contributed by atoms with van der Waals surface area (Å²) >= 11 is 0. The largest absolute Gasteiger partial charge is 0.338 e. The summed E-state index contributed by atoms with van der Waals surface area (Å²) in [5, 5.41) is 4.19. The van der Waals surface area contributed by atoms with Crippen LogP contribution < -0.4 is 4.90 Å². The van der Waals surface area contributed by atoms with Gasteiger partial charge in [-0.3, -0.25) is 0 Å². The summed E-state index contributed by atoms with van der Waals surface area (Å²) in [5.41, 5.74) is 0.456. The molecule has 0 aromatic carbocycles. The molecule has 5 nitrogen and oxygen atoms in total. The van der Waals surface area contributed by atoms with Gasteiger partial charge in [0, 0.05) is 31.5 Å². The molecule has 3 heterocycles. The van der Waals surface area contributed by atoms with Crippen molar-refractivity contribution in [2.75, 3.05) is 37.6 Å². The first kappa shape index (κ1) is 17.3. The fourth-order valence-corrected chi connectivity index (χ4v) is 5.30. The van der Waals surface area contributed by atoms with Crippen LogP contribution >= 0.6 is 0 Å². The van der Waals surface area contributed by atoms with Crippen LogP contribution in [0.15, 0.2) is 4.52 Å². The third kappa shape index (κ3) is 4.02. The summed E-state index contributed by atoms with van der Waals surface area (Å²) in [4.78, 5) is 9.65. The lowest BCUT2D eigenvalue weighted by atomic mass is 9.79. The van der Waals surface area contributed by atoms with E-state index in [-0.39, 0.29) is 0 Å². The molecule has 0 amide bonds. The molecule has 1 spiro atoms. The highest BCUT2D eigenvalue weighted by Crippen LogP contribution is 2.40. The van der Waals surface area contributed by atoms with Gasteiger partial charge in [-0.05, 0) is 49.8 Å². The molecule has 1 atom stereocenters. The molecule has 4 rings (SSSR count). The van der Waals surface area contributed by atoms with Crippen LogP contribution in [0.5, 0.6) is 0 Å². The van der Waals surface area contributed by atoms with Gasteiger partial charge in [-0.25, -0.2) is 0 Å². The summed E-state index contributed by atoms with van der Waals surface area (Å²) in [6, 6.07) is 0. The number of hydrogen-bond donors (Lipinski definition) is 0. The lowest BCUT2D eigenvalue weighted by Crippen LogP contribution is -2.45. The number of anilines is 1. The number of rotatable bonds is 5. The molecule has 0 bridgehead atoms. The Hall–Kier alpha value is -1.10. The van der Waals surface area contributed by atoms with Crippen molar-refractivity contribution >= 4 is 5.95 Å². The van der Waals surface area contributed by atoms with E-state index in [9.17, 15) is 0 Å². The lowest BCUT2D eigenvalue weighted by Gasteiger charge is -2.41. The van der Waals surface area contributed by atoms with E-state index in [1.807, 2.05) is 0 Å². The molecule has 3 fully saturated rings. The van der Waals surface area contributed by atoms with Gasteiger partial charge in [0.05, 0.1) is 0 Å². The van der Waals surface area contributed by atoms with Crippen LogP contribution in [0.2, 0.25) is 0 Å². The van der Waals surface area contributed by atoms with Gasteiger partial charge >= 0.3 is 0 Å². The van der Waals surface area contributed by atoms with Crippen molar-refractivity contribution in [3.63, 3.8) is 0 Å². The maximum Gasteiger partial charge on any atom is 0.266 e. The van der Waals surface area contributed by atoms with Crippen molar-refractivity contribution in [1.29, 1.82) is 0 Å². The van der Waals surface area contributed by atoms with E-state index in [1.165, 1.54) is 77.4 Å². The maximum atomic E-state index is 5.32. The summed E-state index contributed by atoms with van der Waals surface area (Å²) in [6.45, 7) is 8.14. The molecule has 1 aromatic heterocycles. The molecule has 0 radical (unpaired) electrons. The first-order valence-corrected chi connectivity index (χ1v) is 10.6. The normalized spacial score (nSPS) is 28.9. The number of aryl methyl sites for hydroxylation is 1. The van der Waals surface area contributed by atoms with Crippen LogP contribution in [0.3, 0.4) is 0 Å². The van der Waals surface area contributed by atoms with E-state index in [2.05, 4.69) is 26.9 Å². The van der Waals surface area contributed by atoms with Crippen molar-refractivity contribution < 1.29 is 4.52 Å². The van der Waals surface area contributed by atoms with E-state index in [0.29, 0.717) is 5.41 Å². The van der Waals surface area contributed by atoms with E-state index < -0.39 is 0 Å². The Bertz CT molecular complexity index is 554. The Morgan fingerprint density at radius 1 is 1.08 bits per heavy atom. The minimum atomic E-state index is 0.456. The van der Waals surface area contributed by atoms with Gasteiger partial charge in [0.25, 0.3) is 5.95 Å². The Morgan fingerprint density at radius 2 is 1.96 bits per heavy atom. The Labute approximate surface area is 152 Å². The maximum absolute atomic E-state index is 5.32. The zero-order valence-corrected chi connectivity index (χ0v) is 15.9. The summed E-state index contributed by atoms with van der Waals surface area (Å²) in [6.07, 6.45) is 13.6. The van der Waals surface area contributed by atoms with E-state index >= 15 is 0 Å². The first-order chi connectivity index (χ1) is 12.3. The quantitative estimate of drug-likeness (QED) is 0.809. The molecule has 3 aliphatic rings. The topological polar surface area (TPSA) is 45.4 Å². The van der Waals surface area contributed by atoms with Gasteiger partial charge in [-0.1, -0.05) is 39.0 Å². The van der Waals surface area contributed by atoms with Crippen LogP contribution in [-0.4, -0.2) is 47.8 Å². The number of aromatic nitrogens is 2. The lowest BCUT2D eigenvalue weighted by molar-refractivity contribution is 0.0970. The molecule has 140 valence electrons. The minimum absolute atomic E-state index is 0.456. The summed E-state index contributed by atoms with van der Waals surface area (Å²) in [7, 11) is 0. The zero-order valence-electron chi connectivity index (χ0n) is 15.9. The Kier molecular flexibility index (Phi) is 5.30. The molecule has 1 saturated carbocycles. The van der Waals surface area contributed by atoms with Crippen molar-refractivity contribution in [1.82, 2.24) is 15.0 Å². The predicted octanol–water partition coefficient (Wildman–Crippen LogP) is 3.89. The summed E-state index contributed by atoms with van der Waals surface area (Å²) < 4.78 is 5.32.